The van der Waals surface area contributed by atoms with Crippen LogP contribution < -0.4 is 14.8 Å². The predicted octanol–water partition coefficient (Wildman–Crippen LogP) is 1.19. The molecule has 0 spiro atoms. The van der Waals surface area contributed by atoms with Crippen LogP contribution in [0.2, 0.25) is 0 Å². The van der Waals surface area contributed by atoms with Crippen LogP contribution in [-0.4, -0.2) is 59.2 Å². The second kappa shape index (κ2) is 11.1. The maximum atomic E-state index is 12.6. The average Bonchev–Trinajstić information content (AvgIpc) is 3.65. The van der Waals surface area contributed by atoms with Crippen LogP contribution >= 0.6 is 0 Å². The summed E-state index contributed by atoms with van der Waals surface area (Å²) in [5.74, 6) is -2.18. The largest absolute Gasteiger partial charge is 0.495 e. The van der Waals surface area contributed by atoms with Crippen molar-refractivity contribution in [1.29, 1.82) is 0 Å². The third kappa shape index (κ3) is 6.78. The number of sulfonamides is 1. The quantitative estimate of drug-likeness (QED) is 0.448. The fourth-order valence-electron chi connectivity index (χ4n) is 3.13. The van der Waals surface area contributed by atoms with Gasteiger partial charge in [-0.1, -0.05) is 30.3 Å². The van der Waals surface area contributed by atoms with Gasteiger partial charge in [0.1, 0.15) is 16.7 Å². The normalized spacial score (nSPS) is 14.1. The SMILES string of the molecule is COC(=O)C(Cc1ccccc1)NC(=O)COC(=O)c1ccc(OC)c(S(=O)(=O)NC2CC2)c1. The molecular weight excluding hydrogens is 464 g/mol. The number of hydrogen-bond acceptors (Lipinski definition) is 8. The number of benzene rings is 2. The lowest BCUT2D eigenvalue weighted by molar-refractivity contribution is -0.145. The van der Waals surface area contributed by atoms with E-state index in [-0.39, 0.29) is 28.7 Å². The van der Waals surface area contributed by atoms with Crippen LogP contribution in [0.25, 0.3) is 0 Å². The Hall–Kier alpha value is -3.44. The highest BCUT2D eigenvalue weighted by Crippen LogP contribution is 2.28. The van der Waals surface area contributed by atoms with Crippen molar-refractivity contribution in [2.45, 2.75) is 36.2 Å². The van der Waals surface area contributed by atoms with Gasteiger partial charge in [0.2, 0.25) is 10.0 Å². The zero-order valence-corrected chi connectivity index (χ0v) is 19.6. The molecule has 1 unspecified atom stereocenters. The standard InChI is InChI=1S/C23H26N2O8S/c1-31-19-11-8-16(13-20(19)34(29,30)25-17-9-10-17)22(27)33-14-21(26)24-18(23(28)32-2)12-15-6-4-3-5-7-15/h3-8,11,13,17-18,25H,9-10,12,14H2,1-2H3,(H,24,26). The third-order valence-electron chi connectivity index (χ3n) is 5.03. The van der Waals surface area contributed by atoms with E-state index < -0.39 is 40.5 Å². The van der Waals surface area contributed by atoms with E-state index in [2.05, 4.69) is 10.0 Å². The van der Waals surface area contributed by atoms with Crippen LogP contribution in [0.4, 0.5) is 0 Å². The average molecular weight is 491 g/mol. The van der Waals surface area contributed by atoms with Crippen LogP contribution in [0.15, 0.2) is 53.4 Å². The summed E-state index contributed by atoms with van der Waals surface area (Å²) in [6.45, 7) is -0.671. The Morgan fingerprint density at radius 2 is 1.76 bits per heavy atom. The summed E-state index contributed by atoms with van der Waals surface area (Å²) in [7, 11) is -1.37. The van der Waals surface area contributed by atoms with Crippen LogP contribution in [0.1, 0.15) is 28.8 Å². The van der Waals surface area contributed by atoms with E-state index in [1.165, 1.54) is 26.4 Å². The topological polar surface area (TPSA) is 137 Å². The molecule has 2 N–H and O–H groups in total. The second-order valence-corrected chi connectivity index (χ2v) is 9.35. The van der Waals surface area contributed by atoms with Gasteiger partial charge in [-0.2, -0.15) is 0 Å². The maximum Gasteiger partial charge on any atom is 0.338 e. The molecule has 0 aliphatic heterocycles. The molecule has 34 heavy (non-hydrogen) atoms. The van der Waals surface area contributed by atoms with Crippen molar-refractivity contribution >= 4 is 27.9 Å². The molecule has 2 aromatic carbocycles. The number of carbonyl (C=O) groups is 3. The van der Waals surface area contributed by atoms with E-state index in [1.54, 1.807) is 24.3 Å². The van der Waals surface area contributed by atoms with Crippen LogP contribution in [0.5, 0.6) is 5.75 Å². The molecule has 2 aromatic rings. The highest BCUT2D eigenvalue weighted by molar-refractivity contribution is 7.89. The molecule has 0 saturated heterocycles. The number of esters is 2. The minimum atomic E-state index is -3.90. The van der Waals surface area contributed by atoms with Gasteiger partial charge >= 0.3 is 11.9 Å². The zero-order valence-electron chi connectivity index (χ0n) is 18.8. The van der Waals surface area contributed by atoms with E-state index >= 15 is 0 Å². The molecule has 182 valence electrons. The van der Waals surface area contributed by atoms with Crippen molar-refractivity contribution in [3.63, 3.8) is 0 Å². The van der Waals surface area contributed by atoms with E-state index in [0.717, 1.165) is 24.5 Å². The van der Waals surface area contributed by atoms with Crippen molar-refractivity contribution < 1.29 is 37.0 Å². The lowest BCUT2D eigenvalue weighted by atomic mass is 10.1. The molecule has 11 heteroatoms. The Kier molecular flexibility index (Phi) is 8.24. The Morgan fingerprint density at radius 3 is 2.38 bits per heavy atom. The molecule has 1 aliphatic rings. The molecule has 1 saturated carbocycles. The first-order chi connectivity index (χ1) is 16.2. The fourth-order valence-corrected chi connectivity index (χ4v) is 4.63. The first-order valence-corrected chi connectivity index (χ1v) is 12.0. The van der Waals surface area contributed by atoms with Gasteiger partial charge in [-0.15, -0.1) is 0 Å². The highest BCUT2D eigenvalue weighted by atomic mass is 32.2. The smallest absolute Gasteiger partial charge is 0.338 e. The molecule has 0 heterocycles. The summed E-state index contributed by atoms with van der Waals surface area (Å²) < 4.78 is 42.6. The van der Waals surface area contributed by atoms with Gasteiger partial charge in [-0.25, -0.2) is 22.7 Å². The van der Waals surface area contributed by atoms with Crippen LogP contribution in [0, 0.1) is 0 Å². The van der Waals surface area contributed by atoms with Gasteiger partial charge in [0.15, 0.2) is 6.61 Å². The van der Waals surface area contributed by atoms with Gasteiger partial charge in [0, 0.05) is 12.5 Å². The van der Waals surface area contributed by atoms with E-state index in [9.17, 15) is 22.8 Å². The Bertz CT molecular complexity index is 1150. The minimum absolute atomic E-state index is 0.0708. The molecule has 1 aliphatic carbocycles. The summed E-state index contributed by atoms with van der Waals surface area (Å²) in [4.78, 5) is 36.7. The van der Waals surface area contributed by atoms with E-state index in [4.69, 9.17) is 14.2 Å². The molecule has 10 nitrogen and oxygen atoms in total. The summed E-state index contributed by atoms with van der Waals surface area (Å²) in [5.41, 5.74) is 0.737. The molecule has 1 fully saturated rings. The first-order valence-electron chi connectivity index (χ1n) is 10.5. The van der Waals surface area contributed by atoms with E-state index in [1.807, 2.05) is 6.07 Å². The molecule has 1 amide bonds. The summed E-state index contributed by atoms with van der Waals surface area (Å²) in [6.07, 6.45) is 1.69. The van der Waals surface area contributed by atoms with Gasteiger partial charge in [0.25, 0.3) is 5.91 Å². The first kappa shape index (κ1) is 25.2. The molecule has 3 rings (SSSR count). The number of rotatable bonds is 11. The number of amides is 1. The number of hydrogen-bond donors (Lipinski definition) is 2. The zero-order chi connectivity index (χ0) is 24.7. The maximum absolute atomic E-state index is 12.6. The fraction of sp³-hybridized carbons (Fsp3) is 0.348. The highest BCUT2D eigenvalue weighted by Gasteiger charge is 2.30. The van der Waals surface area contributed by atoms with Crippen molar-refractivity contribution in [1.82, 2.24) is 10.0 Å². The summed E-state index contributed by atoms with van der Waals surface area (Å²) >= 11 is 0. The lowest BCUT2D eigenvalue weighted by Crippen LogP contribution is -2.44. The summed E-state index contributed by atoms with van der Waals surface area (Å²) in [5, 5.41) is 2.49. The number of ether oxygens (including phenoxy) is 3. The number of carbonyl (C=O) groups excluding carboxylic acids is 3. The van der Waals surface area contributed by atoms with Gasteiger partial charge in [-0.3, -0.25) is 4.79 Å². The van der Waals surface area contributed by atoms with Crippen LogP contribution in [0.3, 0.4) is 0 Å². The van der Waals surface area contributed by atoms with Gasteiger partial charge < -0.3 is 19.5 Å². The number of nitrogens with one attached hydrogen (secondary N) is 2. The monoisotopic (exact) mass is 490 g/mol. The predicted molar refractivity (Wildman–Crippen MR) is 121 cm³/mol. The molecule has 0 bridgehead atoms. The van der Waals surface area contributed by atoms with Crippen molar-refractivity contribution in [2.24, 2.45) is 0 Å². The molecule has 0 radical (unpaired) electrons. The minimum Gasteiger partial charge on any atom is -0.495 e. The molecule has 1 atom stereocenters. The molecular formula is C23H26N2O8S. The van der Waals surface area contributed by atoms with Crippen molar-refractivity contribution in [2.75, 3.05) is 20.8 Å². The lowest BCUT2D eigenvalue weighted by Gasteiger charge is -2.17. The van der Waals surface area contributed by atoms with Crippen molar-refractivity contribution in [3.8, 4) is 5.75 Å². The second-order valence-electron chi connectivity index (χ2n) is 7.67. The van der Waals surface area contributed by atoms with Gasteiger partial charge in [0.05, 0.1) is 19.8 Å². The summed E-state index contributed by atoms with van der Waals surface area (Å²) in [6, 6.07) is 11.7. The third-order valence-corrected chi connectivity index (χ3v) is 6.57. The Morgan fingerprint density at radius 1 is 1.06 bits per heavy atom. The van der Waals surface area contributed by atoms with Crippen LogP contribution in [-0.2, 0) is 35.5 Å². The Balaban J connectivity index is 1.64. The molecule has 0 aromatic heterocycles. The number of methoxy groups -OCH3 is 2. The van der Waals surface area contributed by atoms with Gasteiger partial charge in [-0.05, 0) is 36.6 Å². The Labute approximate surface area is 197 Å². The van der Waals surface area contributed by atoms with E-state index in [0.29, 0.717) is 0 Å². The van der Waals surface area contributed by atoms with Crippen molar-refractivity contribution in [3.05, 3.63) is 59.7 Å².